The minimum Gasteiger partial charge on any atom is -0.289 e. The van der Waals surface area contributed by atoms with Gasteiger partial charge in [0.05, 0.1) is 11.9 Å². The summed E-state index contributed by atoms with van der Waals surface area (Å²) in [6.07, 6.45) is 5.58. The van der Waals surface area contributed by atoms with E-state index in [0.717, 1.165) is 22.4 Å². The van der Waals surface area contributed by atoms with Crippen LogP contribution in [0.4, 0.5) is 5.69 Å². The van der Waals surface area contributed by atoms with Gasteiger partial charge in [-0.1, -0.05) is 59.7 Å². The fraction of sp³-hybridized carbons (Fsp3) is 0.381. The predicted octanol–water partition coefficient (Wildman–Crippen LogP) is 6.18. The molecule has 3 nitrogen and oxygen atoms in total. The van der Waals surface area contributed by atoms with Crippen molar-refractivity contribution in [2.45, 2.75) is 41.5 Å². The summed E-state index contributed by atoms with van der Waals surface area (Å²) in [6, 6.07) is 9.60. The van der Waals surface area contributed by atoms with E-state index in [1.54, 1.807) is 6.20 Å². The first kappa shape index (κ1) is 18.1. The summed E-state index contributed by atoms with van der Waals surface area (Å²) in [7, 11) is 0. The fourth-order valence-electron chi connectivity index (χ4n) is 2.50. The Kier molecular flexibility index (Phi) is 5.02. The van der Waals surface area contributed by atoms with E-state index in [4.69, 9.17) is 0 Å². The molecule has 0 aliphatic heterocycles. The first-order valence-corrected chi connectivity index (χ1v) is 8.24. The third-order valence-electron chi connectivity index (χ3n) is 3.86. The number of carbonyl (C=O) groups is 1. The normalized spacial score (nSPS) is 16.2. The smallest absolute Gasteiger partial charge is 0.186 e. The number of azo groups is 1. The van der Waals surface area contributed by atoms with Gasteiger partial charge in [0.15, 0.2) is 5.78 Å². The molecule has 1 aromatic carbocycles. The monoisotopic (exact) mass is 322 g/mol. The van der Waals surface area contributed by atoms with E-state index < -0.39 is 0 Å². The first-order valence-electron chi connectivity index (χ1n) is 8.24. The maximum absolute atomic E-state index is 12.8. The summed E-state index contributed by atoms with van der Waals surface area (Å²) < 4.78 is 0. The fourth-order valence-corrected chi connectivity index (χ4v) is 2.50. The third kappa shape index (κ3) is 4.38. The van der Waals surface area contributed by atoms with E-state index in [1.807, 2.05) is 42.5 Å². The molecule has 1 aliphatic carbocycles. The number of Topliss-reactive ketones (excluding diaryl/α,β-unsaturated/α-hetero) is 1. The summed E-state index contributed by atoms with van der Waals surface area (Å²) in [5.41, 5.74) is 2.92. The molecule has 0 N–H and O–H groups in total. The number of allylic oxidation sites excluding steroid dienone is 5. The number of hydrogen-bond acceptors (Lipinski definition) is 3. The molecule has 126 valence electrons. The van der Waals surface area contributed by atoms with Crippen molar-refractivity contribution in [1.29, 1.82) is 0 Å². The predicted molar refractivity (Wildman–Crippen MR) is 99.1 cm³/mol. The van der Waals surface area contributed by atoms with Crippen molar-refractivity contribution in [1.82, 2.24) is 0 Å². The van der Waals surface area contributed by atoms with Gasteiger partial charge >= 0.3 is 0 Å². The zero-order chi connectivity index (χ0) is 18.0. The van der Waals surface area contributed by atoms with Gasteiger partial charge in [0, 0.05) is 11.1 Å². The van der Waals surface area contributed by atoms with Crippen molar-refractivity contribution in [3.05, 3.63) is 65.4 Å². The molecule has 1 aromatic rings. The standard InChI is InChI=1S/C21H26N2O/c1-20(2,3)17-12-15(13-18(19(17)24)21(4,5)6)14-22-23-16-10-8-7-9-11-16/h7-14H,1-6H3. The van der Waals surface area contributed by atoms with Gasteiger partial charge in [0.1, 0.15) is 0 Å². The van der Waals surface area contributed by atoms with E-state index in [9.17, 15) is 4.79 Å². The molecule has 3 heteroatoms. The maximum Gasteiger partial charge on any atom is 0.186 e. The Balaban J connectivity index is 2.41. The minimum atomic E-state index is -0.211. The highest BCUT2D eigenvalue weighted by Crippen LogP contribution is 2.38. The summed E-state index contributed by atoms with van der Waals surface area (Å²) in [6.45, 7) is 12.4. The van der Waals surface area contributed by atoms with Gasteiger partial charge in [0.25, 0.3) is 0 Å². The van der Waals surface area contributed by atoms with Crippen LogP contribution in [0.15, 0.2) is 75.6 Å². The number of ketones is 1. The number of nitrogens with zero attached hydrogens (tertiary/aromatic N) is 2. The average Bonchev–Trinajstić information content (AvgIpc) is 2.47. The number of rotatable bonds is 2. The van der Waals surface area contributed by atoms with Crippen LogP contribution in [0.5, 0.6) is 0 Å². The van der Waals surface area contributed by atoms with Gasteiger partial charge in [-0.05, 0) is 40.7 Å². The van der Waals surface area contributed by atoms with E-state index in [0.29, 0.717) is 0 Å². The van der Waals surface area contributed by atoms with Crippen LogP contribution in [0.2, 0.25) is 0 Å². The number of benzene rings is 1. The minimum absolute atomic E-state index is 0.132. The summed E-state index contributed by atoms with van der Waals surface area (Å²) >= 11 is 0. The van der Waals surface area contributed by atoms with E-state index in [2.05, 4.69) is 51.8 Å². The van der Waals surface area contributed by atoms with E-state index in [-0.39, 0.29) is 16.6 Å². The highest BCUT2D eigenvalue weighted by molar-refractivity contribution is 6.11. The van der Waals surface area contributed by atoms with Crippen LogP contribution in [-0.2, 0) is 4.79 Å². The molecule has 0 fully saturated rings. The van der Waals surface area contributed by atoms with Crippen LogP contribution in [-0.4, -0.2) is 5.78 Å². The van der Waals surface area contributed by atoms with Crippen molar-refractivity contribution in [2.24, 2.45) is 21.1 Å². The second kappa shape index (κ2) is 6.68. The lowest BCUT2D eigenvalue weighted by Gasteiger charge is -2.31. The second-order valence-corrected chi connectivity index (χ2v) is 8.13. The Morgan fingerprint density at radius 3 is 1.79 bits per heavy atom. The SMILES string of the molecule is CC(C)(C)C1=CC(=CN=Nc2ccccc2)C=C(C(C)(C)C)C1=O. The van der Waals surface area contributed by atoms with Crippen LogP contribution in [0.1, 0.15) is 41.5 Å². The molecule has 0 amide bonds. The number of carbonyl (C=O) groups excluding carboxylic acids is 1. The molecule has 2 rings (SSSR count). The molecular formula is C21H26N2O. The largest absolute Gasteiger partial charge is 0.289 e. The lowest BCUT2D eigenvalue weighted by molar-refractivity contribution is -0.114. The quantitative estimate of drug-likeness (QED) is 0.599. The zero-order valence-corrected chi connectivity index (χ0v) is 15.4. The average molecular weight is 322 g/mol. The lowest BCUT2D eigenvalue weighted by Crippen LogP contribution is -2.27. The lowest BCUT2D eigenvalue weighted by atomic mass is 9.72. The van der Waals surface area contributed by atoms with Crippen molar-refractivity contribution in [3.63, 3.8) is 0 Å². The third-order valence-corrected chi connectivity index (χ3v) is 3.86. The molecule has 0 unspecified atom stereocenters. The Bertz CT molecular complexity index is 700. The topological polar surface area (TPSA) is 41.8 Å². The Morgan fingerprint density at radius 1 is 0.833 bits per heavy atom. The molecule has 24 heavy (non-hydrogen) atoms. The van der Waals surface area contributed by atoms with Gasteiger partial charge in [-0.25, -0.2) is 0 Å². The van der Waals surface area contributed by atoms with Crippen molar-refractivity contribution in [3.8, 4) is 0 Å². The Morgan fingerprint density at radius 2 is 1.33 bits per heavy atom. The van der Waals surface area contributed by atoms with Crippen LogP contribution in [0.25, 0.3) is 0 Å². The molecule has 0 spiro atoms. The van der Waals surface area contributed by atoms with Crippen LogP contribution < -0.4 is 0 Å². The van der Waals surface area contributed by atoms with Gasteiger partial charge in [-0.2, -0.15) is 10.2 Å². The van der Waals surface area contributed by atoms with Crippen molar-refractivity contribution in [2.75, 3.05) is 0 Å². The summed E-state index contributed by atoms with van der Waals surface area (Å²) in [5, 5.41) is 8.38. The molecule has 0 heterocycles. The highest BCUT2D eigenvalue weighted by Gasteiger charge is 2.33. The Hall–Kier alpha value is -2.29. The second-order valence-electron chi connectivity index (χ2n) is 8.13. The Labute approximate surface area is 144 Å². The summed E-state index contributed by atoms with van der Waals surface area (Å²) in [4.78, 5) is 12.8. The molecule has 0 aromatic heterocycles. The molecule has 0 atom stereocenters. The molecule has 0 saturated heterocycles. The molecule has 0 bridgehead atoms. The highest BCUT2D eigenvalue weighted by atomic mass is 16.1. The molecular weight excluding hydrogens is 296 g/mol. The van der Waals surface area contributed by atoms with Gasteiger partial charge in [0.2, 0.25) is 0 Å². The maximum atomic E-state index is 12.8. The van der Waals surface area contributed by atoms with Crippen LogP contribution in [0.3, 0.4) is 0 Å². The summed E-state index contributed by atoms with van der Waals surface area (Å²) in [5.74, 6) is 0.132. The van der Waals surface area contributed by atoms with Crippen LogP contribution in [0, 0.1) is 10.8 Å². The first-order chi connectivity index (χ1) is 11.1. The molecule has 0 radical (unpaired) electrons. The molecule has 0 saturated carbocycles. The number of hydrogen-bond donors (Lipinski definition) is 0. The van der Waals surface area contributed by atoms with Crippen molar-refractivity contribution >= 4 is 11.5 Å². The van der Waals surface area contributed by atoms with Crippen LogP contribution >= 0.6 is 0 Å². The van der Waals surface area contributed by atoms with Gasteiger partial charge in [-0.3, -0.25) is 4.79 Å². The zero-order valence-electron chi connectivity index (χ0n) is 15.4. The molecule has 1 aliphatic rings. The van der Waals surface area contributed by atoms with E-state index in [1.165, 1.54) is 0 Å². The van der Waals surface area contributed by atoms with E-state index >= 15 is 0 Å². The van der Waals surface area contributed by atoms with Gasteiger partial charge in [-0.15, -0.1) is 0 Å². The van der Waals surface area contributed by atoms with Crippen molar-refractivity contribution < 1.29 is 4.79 Å². The van der Waals surface area contributed by atoms with Gasteiger partial charge < -0.3 is 0 Å².